The summed E-state index contributed by atoms with van der Waals surface area (Å²) < 4.78 is 17.3. The Kier molecular flexibility index (Phi) is 8.81. The van der Waals surface area contributed by atoms with Crippen molar-refractivity contribution in [2.24, 2.45) is 0 Å². The average Bonchev–Trinajstić information content (AvgIpc) is 3.30. The predicted octanol–water partition coefficient (Wildman–Crippen LogP) is 6.21. The van der Waals surface area contributed by atoms with Gasteiger partial charge in [-0.05, 0) is 87.1 Å². The normalized spacial score (nSPS) is 11.2. The van der Waals surface area contributed by atoms with Gasteiger partial charge in [0, 0.05) is 23.1 Å². The summed E-state index contributed by atoms with van der Waals surface area (Å²) in [5, 5.41) is 9.58. The monoisotopic (exact) mass is 515 g/mol. The van der Waals surface area contributed by atoms with Crippen LogP contribution in [0.15, 0.2) is 71.1 Å². The molecule has 0 aliphatic rings. The Morgan fingerprint density at radius 3 is 2.21 bits per heavy atom. The van der Waals surface area contributed by atoms with E-state index in [1.165, 1.54) is 0 Å². The van der Waals surface area contributed by atoms with E-state index < -0.39 is 12.6 Å². The zero-order valence-electron chi connectivity index (χ0n) is 22.0. The second-order valence-electron chi connectivity index (χ2n) is 9.09. The predicted molar refractivity (Wildman–Crippen MR) is 147 cm³/mol. The van der Waals surface area contributed by atoms with Gasteiger partial charge in [-0.2, -0.15) is 0 Å². The zero-order valence-corrected chi connectivity index (χ0v) is 22.0. The molecule has 1 aromatic heterocycles. The van der Waals surface area contributed by atoms with E-state index in [9.17, 15) is 9.59 Å². The van der Waals surface area contributed by atoms with Gasteiger partial charge in [0.2, 0.25) is 0 Å². The summed E-state index contributed by atoms with van der Waals surface area (Å²) in [6.45, 7) is 9.52. The Balaban J connectivity index is 1.57. The van der Waals surface area contributed by atoms with Crippen LogP contribution in [0.3, 0.4) is 0 Å². The third-order valence-corrected chi connectivity index (χ3v) is 6.45. The van der Waals surface area contributed by atoms with Crippen molar-refractivity contribution >= 4 is 22.7 Å². The molecule has 0 aliphatic carbocycles. The molecule has 0 atom stereocenters. The molecular weight excluding hydrogens is 482 g/mol. The van der Waals surface area contributed by atoms with E-state index in [1.807, 2.05) is 37.3 Å². The average molecular weight is 516 g/mol. The third-order valence-electron chi connectivity index (χ3n) is 6.45. The largest absolute Gasteiger partial charge is 0.494 e. The van der Waals surface area contributed by atoms with Gasteiger partial charge in [0.05, 0.1) is 12.2 Å². The van der Waals surface area contributed by atoms with Crippen molar-refractivity contribution in [3.63, 3.8) is 0 Å². The Labute approximate surface area is 222 Å². The molecule has 0 saturated heterocycles. The van der Waals surface area contributed by atoms with Crippen molar-refractivity contribution in [1.29, 1.82) is 0 Å². The summed E-state index contributed by atoms with van der Waals surface area (Å²) in [5.74, 6) is 0.404. The lowest BCUT2D eigenvalue weighted by Gasteiger charge is -2.17. The third kappa shape index (κ3) is 6.42. The van der Waals surface area contributed by atoms with Crippen molar-refractivity contribution in [3.05, 3.63) is 83.4 Å². The second-order valence-corrected chi connectivity index (χ2v) is 9.09. The number of ketones is 1. The molecule has 0 bridgehead atoms. The van der Waals surface area contributed by atoms with Crippen LogP contribution in [-0.2, 0) is 4.79 Å². The van der Waals surface area contributed by atoms with Crippen LogP contribution in [0.25, 0.3) is 22.3 Å². The molecule has 4 rings (SSSR count). The molecule has 7 nitrogen and oxygen atoms in total. The van der Waals surface area contributed by atoms with Gasteiger partial charge in [-0.25, -0.2) is 4.79 Å². The number of carbonyl (C=O) groups is 2. The van der Waals surface area contributed by atoms with Crippen LogP contribution in [-0.4, -0.2) is 54.6 Å². The molecule has 4 aromatic rings. The van der Waals surface area contributed by atoms with Gasteiger partial charge in [-0.1, -0.05) is 25.5 Å². The topological polar surface area (TPSA) is 89.2 Å². The van der Waals surface area contributed by atoms with E-state index in [4.69, 9.17) is 19.0 Å². The number of carboxylic acid groups (broad SMARTS) is 1. The molecule has 1 N–H and O–H groups in total. The molecule has 198 valence electrons. The van der Waals surface area contributed by atoms with Crippen LogP contribution < -0.4 is 9.47 Å². The number of hydrogen-bond donors (Lipinski definition) is 1. The molecule has 1 heterocycles. The Hall–Kier alpha value is -4.10. The number of aryl methyl sites for hydroxylation is 1. The molecular formula is C31H33NO6. The van der Waals surface area contributed by atoms with Crippen LogP contribution >= 0.6 is 0 Å². The number of carboxylic acids is 1. The lowest BCUT2D eigenvalue weighted by Crippen LogP contribution is -2.25. The quantitative estimate of drug-likeness (QED) is 0.167. The van der Waals surface area contributed by atoms with Gasteiger partial charge in [0.25, 0.3) is 0 Å². The lowest BCUT2D eigenvalue weighted by molar-refractivity contribution is -0.139. The Bertz CT molecular complexity index is 1380. The van der Waals surface area contributed by atoms with Gasteiger partial charge in [0.1, 0.15) is 22.8 Å². The number of furan rings is 1. The van der Waals surface area contributed by atoms with Crippen LogP contribution in [0.5, 0.6) is 11.5 Å². The smallest absolute Gasteiger partial charge is 0.341 e. The van der Waals surface area contributed by atoms with Crippen molar-refractivity contribution in [2.75, 3.05) is 32.8 Å². The summed E-state index contributed by atoms with van der Waals surface area (Å²) in [4.78, 5) is 26.9. The first-order chi connectivity index (χ1) is 18.4. The van der Waals surface area contributed by atoms with Crippen LogP contribution in [0.4, 0.5) is 0 Å². The van der Waals surface area contributed by atoms with E-state index in [1.54, 1.807) is 36.4 Å². The first kappa shape index (κ1) is 26.9. The van der Waals surface area contributed by atoms with Gasteiger partial charge in [-0.15, -0.1) is 0 Å². The molecule has 0 saturated carbocycles. The number of hydrogen-bond acceptors (Lipinski definition) is 6. The van der Waals surface area contributed by atoms with Gasteiger partial charge in [-0.3, -0.25) is 4.79 Å². The lowest BCUT2D eigenvalue weighted by atomic mass is 9.96. The molecule has 7 heteroatoms. The number of carbonyl (C=O) groups excluding carboxylic acids is 1. The van der Waals surface area contributed by atoms with Gasteiger partial charge in [0.15, 0.2) is 12.4 Å². The van der Waals surface area contributed by atoms with E-state index >= 15 is 0 Å². The number of rotatable bonds is 13. The van der Waals surface area contributed by atoms with Crippen molar-refractivity contribution in [1.82, 2.24) is 4.90 Å². The summed E-state index contributed by atoms with van der Waals surface area (Å²) in [5.41, 5.74) is 3.35. The maximum absolute atomic E-state index is 13.8. The maximum Gasteiger partial charge on any atom is 0.341 e. The summed E-state index contributed by atoms with van der Waals surface area (Å²) >= 11 is 0. The fourth-order valence-corrected chi connectivity index (χ4v) is 4.35. The molecule has 0 amide bonds. The Morgan fingerprint density at radius 2 is 1.55 bits per heavy atom. The van der Waals surface area contributed by atoms with Crippen LogP contribution in [0, 0.1) is 6.92 Å². The molecule has 0 spiro atoms. The maximum atomic E-state index is 13.8. The van der Waals surface area contributed by atoms with Gasteiger partial charge >= 0.3 is 5.97 Å². The van der Waals surface area contributed by atoms with Crippen LogP contribution in [0.1, 0.15) is 41.8 Å². The van der Waals surface area contributed by atoms with E-state index in [-0.39, 0.29) is 5.78 Å². The van der Waals surface area contributed by atoms with E-state index in [0.717, 1.165) is 42.8 Å². The highest BCUT2D eigenvalue weighted by atomic mass is 16.5. The molecule has 3 aromatic carbocycles. The minimum atomic E-state index is -1.05. The minimum absolute atomic E-state index is 0.149. The van der Waals surface area contributed by atoms with E-state index in [2.05, 4.69) is 18.7 Å². The first-order valence-corrected chi connectivity index (χ1v) is 12.9. The summed E-state index contributed by atoms with van der Waals surface area (Å²) in [6.07, 6.45) is 0.937. The highest BCUT2D eigenvalue weighted by molar-refractivity contribution is 6.19. The number of ether oxygens (including phenoxy) is 2. The fraction of sp³-hybridized carbons (Fsp3) is 0.290. The van der Waals surface area contributed by atoms with Crippen molar-refractivity contribution in [3.8, 4) is 22.8 Å². The zero-order chi connectivity index (χ0) is 27.1. The standard InChI is InChI=1S/C31H33NO6/c1-4-32(5-2)17-6-18-36-24-12-8-22(9-13-24)30(35)29-26-19-21(3)7-16-27(26)38-31(29)23-10-14-25(15-11-23)37-20-28(33)34/h7-16,19H,4-6,17-18,20H2,1-3H3,(H,33,34). The minimum Gasteiger partial charge on any atom is -0.494 e. The molecule has 0 radical (unpaired) electrons. The number of benzene rings is 3. The fourth-order valence-electron chi connectivity index (χ4n) is 4.35. The van der Waals surface area contributed by atoms with Crippen LogP contribution in [0.2, 0.25) is 0 Å². The number of nitrogens with zero attached hydrogens (tertiary/aromatic N) is 1. The van der Waals surface area contributed by atoms with Crippen molar-refractivity contribution < 1.29 is 28.6 Å². The summed E-state index contributed by atoms with van der Waals surface area (Å²) in [6, 6.07) is 19.8. The SMILES string of the molecule is CCN(CC)CCCOc1ccc(C(=O)c2c(-c3ccc(OCC(=O)O)cc3)oc3ccc(C)cc23)cc1. The Morgan fingerprint density at radius 1 is 0.895 bits per heavy atom. The molecule has 0 unspecified atom stereocenters. The second kappa shape index (κ2) is 12.4. The molecule has 0 aliphatic heterocycles. The van der Waals surface area contributed by atoms with Crippen molar-refractivity contribution in [2.45, 2.75) is 27.2 Å². The highest BCUT2D eigenvalue weighted by Gasteiger charge is 2.23. The summed E-state index contributed by atoms with van der Waals surface area (Å²) in [7, 11) is 0. The number of fused-ring (bicyclic) bond motifs is 1. The number of aliphatic carboxylic acids is 1. The van der Waals surface area contributed by atoms with Gasteiger partial charge < -0.3 is 23.9 Å². The molecule has 0 fully saturated rings. The first-order valence-electron chi connectivity index (χ1n) is 12.9. The highest BCUT2D eigenvalue weighted by Crippen LogP contribution is 2.36. The molecule has 38 heavy (non-hydrogen) atoms. The van der Waals surface area contributed by atoms with E-state index in [0.29, 0.717) is 40.4 Å².